The summed E-state index contributed by atoms with van der Waals surface area (Å²) in [6, 6.07) is 0. The van der Waals surface area contributed by atoms with E-state index in [0.29, 0.717) is 0 Å². The highest BCUT2D eigenvalue weighted by molar-refractivity contribution is 4.98. The average Bonchev–Trinajstić information content (AvgIpc) is 2.02. The lowest BCUT2D eigenvalue weighted by molar-refractivity contribution is 0.532. The molecule has 0 aliphatic heterocycles. The summed E-state index contributed by atoms with van der Waals surface area (Å²) in [5.74, 6) is 1.56. The Kier molecular flexibility index (Phi) is 6.14. The molecule has 0 aliphatic carbocycles. The van der Waals surface area contributed by atoms with Gasteiger partial charge in [0.15, 0.2) is 0 Å². The maximum atomic E-state index is 4.12. The molecule has 0 heteroatoms. The van der Waals surface area contributed by atoms with Gasteiger partial charge in [-0.25, -0.2) is 0 Å². The van der Waals surface area contributed by atoms with Gasteiger partial charge in [0.25, 0.3) is 0 Å². The van der Waals surface area contributed by atoms with Gasteiger partial charge in [0, 0.05) is 0 Å². The molecule has 0 aliphatic rings. The Morgan fingerprint density at radius 1 is 1.25 bits per heavy atom. The van der Waals surface area contributed by atoms with Crippen LogP contribution in [-0.4, -0.2) is 0 Å². The summed E-state index contributed by atoms with van der Waals surface area (Å²) >= 11 is 0. The average molecular weight is 168 g/mol. The molecule has 0 aromatic rings. The van der Waals surface area contributed by atoms with E-state index in [9.17, 15) is 0 Å². The van der Waals surface area contributed by atoms with Gasteiger partial charge in [-0.15, -0.1) is 0 Å². The predicted octanol–water partition coefficient (Wildman–Crippen LogP) is 4.42. The van der Waals surface area contributed by atoms with E-state index in [1.807, 2.05) is 0 Å². The van der Waals surface area contributed by atoms with Gasteiger partial charge in [0.05, 0.1) is 0 Å². The van der Waals surface area contributed by atoms with E-state index in [4.69, 9.17) is 0 Å². The molecule has 12 heavy (non-hydrogen) atoms. The summed E-state index contributed by atoms with van der Waals surface area (Å²) in [6.07, 6.45) is 5.13. The fourth-order valence-corrected chi connectivity index (χ4v) is 1.27. The molecule has 0 aromatic heterocycles. The maximum Gasteiger partial charge on any atom is -0.0237 e. The van der Waals surface area contributed by atoms with Crippen LogP contribution in [0.25, 0.3) is 0 Å². The quantitative estimate of drug-likeness (QED) is 0.515. The molecule has 0 aromatic carbocycles. The molecule has 0 saturated carbocycles. The molecule has 0 bridgehead atoms. The van der Waals surface area contributed by atoms with E-state index >= 15 is 0 Å². The van der Waals surface area contributed by atoms with Crippen molar-refractivity contribution in [1.29, 1.82) is 0 Å². The highest BCUT2D eigenvalue weighted by atomic mass is 14.1. The van der Waals surface area contributed by atoms with Crippen molar-refractivity contribution in [2.24, 2.45) is 11.8 Å². The van der Waals surface area contributed by atoms with Gasteiger partial charge in [-0.2, -0.15) is 0 Å². The largest absolute Gasteiger partial charge is 0.0996 e. The highest BCUT2D eigenvalue weighted by Crippen LogP contribution is 2.19. The van der Waals surface area contributed by atoms with E-state index in [1.165, 1.54) is 31.3 Å². The van der Waals surface area contributed by atoms with Crippen molar-refractivity contribution in [3.05, 3.63) is 12.2 Å². The third kappa shape index (κ3) is 5.40. The zero-order chi connectivity index (χ0) is 9.56. The van der Waals surface area contributed by atoms with E-state index in [-0.39, 0.29) is 0 Å². The SMILES string of the molecule is C=C(CCCC(C)C)C(C)CC. The van der Waals surface area contributed by atoms with Gasteiger partial charge in [-0.05, 0) is 31.1 Å². The summed E-state index contributed by atoms with van der Waals surface area (Å²) < 4.78 is 0. The minimum atomic E-state index is 0.720. The summed E-state index contributed by atoms with van der Waals surface area (Å²) in [4.78, 5) is 0. The number of hydrogen-bond acceptors (Lipinski definition) is 0. The Balaban J connectivity index is 3.44. The van der Waals surface area contributed by atoms with Gasteiger partial charge < -0.3 is 0 Å². The molecule has 0 heterocycles. The summed E-state index contributed by atoms with van der Waals surface area (Å²) in [5.41, 5.74) is 1.44. The lowest BCUT2D eigenvalue weighted by Crippen LogP contribution is -1.97. The van der Waals surface area contributed by atoms with E-state index in [2.05, 4.69) is 34.3 Å². The first kappa shape index (κ1) is 11.7. The van der Waals surface area contributed by atoms with Gasteiger partial charge in [0.2, 0.25) is 0 Å². The second-order valence-electron chi connectivity index (χ2n) is 4.25. The van der Waals surface area contributed by atoms with Crippen LogP contribution in [0.1, 0.15) is 53.4 Å². The molecule has 1 unspecified atom stereocenters. The van der Waals surface area contributed by atoms with Crippen molar-refractivity contribution < 1.29 is 0 Å². The zero-order valence-electron chi connectivity index (χ0n) is 9.19. The van der Waals surface area contributed by atoms with Crippen LogP contribution in [0.3, 0.4) is 0 Å². The van der Waals surface area contributed by atoms with Crippen molar-refractivity contribution >= 4 is 0 Å². The molecule has 0 nitrogen and oxygen atoms in total. The van der Waals surface area contributed by atoms with E-state index in [0.717, 1.165) is 11.8 Å². The standard InChI is InChI=1S/C12H24/c1-6-11(4)12(5)9-7-8-10(2)3/h10-11H,5-9H2,1-4H3. The van der Waals surface area contributed by atoms with Gasteiger partial charge in [-0.1, -0.05) is 46.3 Å². The second-order valence-corrected chi connectivity index (χ2v) is 4.25. The maximum absolute atomic E-state index is 4.12. The van der Waals surface area contributed by atoms with Crippen molar-refractivity contribution in [1.82, 2.24) is 0 Å². The van der Waals surface area contributed by atoms with Crippen LogP contribution in [0.2, 0.25) is 0 Å². The Bertz CT molecular complexity index is 122. The zero-order valence-corrected chi connectivity index (χ0v) is 9.19. The molecule has 0 amide bonds. The van der Waals surface area contributed by atoms with Gasteiger partial charge >= 0.3 is 0 Å². The molecular formula is C12H24. The number of hydrogen-bond donors (Lipinski definition) is 0. The highest BCUT2D eigenvalue weighted by Gasteiger charge is 2.03. The first-order valence-electron chi connectivity index (χ1n) is 5.25. The van der Waals surface area contributed by atoms with Gasteiger partial charge in [0.1, 0.15) is 0 Å². The molecule has 0 saturated heterocycles. The molecule has 72 valence electrons. The van der Waals surface area contributed by atoms with Crippen LogP contribution in [-0.2, 0) is 0 Å². The number of allylic oxidation sites excluding steroid dienone is 1. The monoisotopic (exact) mass is 168 g/mol. The van der Waals surface area contributed by atoms with Crippen LogP contribution in [0, 0.1) is 11.8 Å². The van der Waals surface area contributed by atoms with Crippen molar-refractivity contribution in [2.75, 3.05) is 0 Å². The van der Waals surface area contributed by atoms with Crippen molar-refractivity contribution in [3.8, 4) is 0 Å². The van der Waals surface area contributed by atoms with Crippen LogP contribution in [0.4, 0.5) is 0 Å². The molecule has 1 atom stereocenters. The Hall–Kier alpha value is -0.260. The Labute approximate surface area is 78.1 Å². The van der Waals surface area contributed by atoms with Crippen molar-refractivity contribution in [2.45, 2.75) is 53.4 Å². The van der Waals surface area contributed by atoms with Crippen LogP contribution in [0.5, 0.6) is 0 Å². The van der Waals surface area contributed by atoms with E-state index in [1.54, 1.807) is 0 Å². The Morgan fingerprint density at radius 3 is 2.25 bits per heavy atom. The fraction of sp³-hybridized carbons (Fsp3) is 0.833. The molecule has 0 fully saturated rings. The fourth-order valence-electron chi connectivity index (χ4n) is 1.27. The van der Waals surface area contributed by atoms with Gasteiger partial charge in [-0.3, -0.25) is 0 Å². The van der Waals surface area contributed by atoms with Crippen molar-refractivity contribution in [3.63, 3.8) is 0 Å². The lowest BCUT2D eigenvalue weighted by Gasteiger charge is -2.12. The molecular weight excluding hydrogens is 144 g/mol. The normalized spacial score (nSPS) is 13.4. The molecule has 0 spiro atoms. The third-order valence-electron chi connectivity index (χ3n) is 2.59. The minimum Gasteiger partial charge on any atom is -0.0996 e. The van der Waals surface area contributed by atoms with Crippen LogP contribution >= 0.6 is 0 Å². The first-order chi connectivity index (χ1) is 5.57. The first-order valence-corrected chi connectivity index (χ1v) is 5.25. The minimum absolute atomic E-state index is 0.720. The lowest BCUT2D eigenvalue weighted by atomic mass is 9.94. The van der Waals surface area contributed by atoms with Crippen LogP contribution < -0.4 is 0 Å². The summed E-state index contributed by atoms with van der Waals surface area (Å²) in [7, 11) is 0. The molecule has 0 rings (SSSR count). The summed E-state index contributed by atoms with van der Waals surface area (Å²) in [6.45, 7) is 13.2. The Morgan fingerprint density at radius 2 is 1.83 bits per heavy atom. The second kappa shape index (κ2) is 6.28. The van der Waals surface area contributed by atoms with E-state index < -0.39 is 0 Å². The third-order valence-corrected chi connectivity index (χ3v) is 2.59. The smallest absolute Gasteiger partial charge is 0.0237 e. The number of rotatable bonds is 6. The summed E-state index contributed by atoms with van der Waals surface area (Å²) in [5, 5.41) is 0. The molecule has 0 N–H and O–H groups in total. The van der Waals surface area contributed by atoms with Crippen LogP contribution in [0.15, 0.2) is 12.2 Å². The molecule has 0 radical (unpaired) electrons. The topological polar surface area (TPSA) is 0 Å². The predicted molar refractivity (Wildman–Crippen MR) is 57.3 cm³/mol.